The topological polar surface area (TPSA) is 0 Å². The molecule has 0 fully saturated rings. The van der Waals surface area contributed by atoms with Crippen LogP contribution in [-0.2, 0) is 12.8 Å². The molecule has 0 spiro atoms. The Morgan fingerprint density at radius 2 is 1.05 bits per heavy atom. The Hall–Kier alpha value is -2.05. The van der Waals surface area contributed by atoms with Crippen LogP contribution in [0.3, 0.4) is 0 Å². The van der Waals surface area contributed by atoms with E-state index < -0.39 is 0 Å². The molecule has 3 aromatic rings. The second-order valence-electron chi connectivity index (χ2n) is 5.44. The second kappa shape index (κ2) is 7.29. The Balaban J connectivity index is 1.86. The van der Waals surface area contributed by atoms with Gasteiger partial charge < -0.3 is 0 Å². The van der Waals surface area contributed by atoms with Gasteiger partial charge in [0.15, 0.2) is 0 Å². The number of rotatable bonds is 5. The first-order valence-corrected chi connectivity index (χ1v) is 7.87. The molecule has 0 saturated heterocycles. The standard InChI is InChI=1S/C21H18Cl/c22-21-13-11-19(12-14-21)20(15-17-7-3-1-4-8-17)16-18-9-5-2-6-10-18/h1-14H,15-16H2. The summed E-state index contributed by atoms with van der Waals surface area (Å²) in [6, 6.07) is 29.4. The predicted molar refractivity (Wildman–Crippen MR) is 94.1 cm³/mol. The molecule has 0 aliphatic rings. The van der Waals surface area contributed by atoms with E-state index >= 15 is 0 Å². The van der Waals surface area contributed by atoms with Gasteiger partial charge in [-0.25, -0.2) is 0 Å². The van der Waals surface area contributed by atoms with E-state index in [2.05, 4.69) is 72.8 Å². The van der Waals surface area contributed by atoms with Crippen molar-refractivity contribution >= 4 is 11.6 Å². The molecule has 109 valence electrons. The lowest BCUT2D eigenvalue weighted by Gasteiger charge is -2.17. The molecule has 0 heterocycles. The van der Waals surface area contributed by atoms with Crippen molar-refractivity contribution < 1.29 is 0 Å². The Kier molecular flexibility index (Phi) is 4.92. The van der Waals surface area contributed by atoms with Crippen LogP contribution in [0.1, 0.15) is 16.7 Å². The number of halogens is 1. The summed E-state index contributed by atoms with van der Waals surface area (Å²) in [4.78, 5) is 0. The molecular weight excluding hydrogens is 288 g/mol. The molecule has 0 unspecified atom stereocenters. The van der Waals surface area contributed by atoms with Crippen molar-refractivity contribution in [3.05, 3.63) is 113 Å². The quantitative estimate of drug-likeness (QED) is 0.563. The highest BCUT2D eigenvalue weighted by molar-refractivity contribution is 6.30. The van der Waals surface area contributed by atoms with Gasteiger partial charge >= 0.3 is 0 Å². The number of hydrogen-bond donors (Lipinski definition) is 0. The van der Waals surface area contributed by atoms with Crippen LogP contribution in [0.15, 0.2) is 84.9 Å². The molecule has 0 atom stereocenters. The van der Waals surface area contributed by atoms with Gasteiger partial charge in [0.05, 0.1) is 0 Å². The summed E-state index contributed by atoms with van der Waals surface area (Å²) in [6.45, 7) is 0. The van der Waals surface area contributed by atoms with Gasteiger partial charge in [0.25, 0.3) is 0 Å². The van der Waals surface area contributed by atoms with Crippen molar-refractivity contribution in [1.82, 2.24) is 0 Å². The molecule has 3 rings (SSSR count). The lowest BCUT2D eigenvalue weighted by molar-refractivity contribution is 0.898. The molecule has 0 saturated carbocycles. The van der Waals surface area contributed by atoms with Gasteiger partial charge in [-0.15, -0.1) is 0 Å². The zero-order valence-corrected chi connectivity index (χ0v) is 13.1. The van der Waals surface area contributed by atoms with Gasteiger partial charge in [0.2, 0.25) is 0 Å². The van der Waals surface area contributed by atoms with Crippen LogP contribution in [-0.4, -0.2) is 0 Å². The zero-order chi connectivity index (χ0) is 15.2. The van der Waals surface area contributed by atoms with E-state index in [0.29, 0.717) is 0 Å². The first kappa shape index (κ1) is 14.9. The largest absolute Gasteiger partial charge is 0.0843 e. The van der Waals surface area contributed by atoms with Crippen LogP contribution in [0.2, 0.25) is 5.02 Å². The first-order chi connectivity index (χ1) is 10.8. The molecule has 0 aromatic heterocycles. The molecule has 1 heteroatoms. The average molecular weight is 306 g/mol. The maximum absolute atomic E-state index is 6.03. The van der Waals surface area contributed by atoms with E-state index in [9.17, 15) is 0 Å². The van der Waals surface area contributed by atoms with Crippen molar-refractivity contribution in [3.63, 3.8) is 0 Å². The fourth-order valence-electron chi connectivity index (χ4n) is 2.64. The van der Waals surface area contributed by atoms with Gasteiger partial charge in [-0.05, 0) is 41.7 Å². The van der Waals surface area contributed by atoms with Gasteiger partial charge in [0, 0.05) is 10.9 Å². The second-order valence-corrected chi connectivity index (χ2v) is 5.87. The predicted octanol–water partition coefficient (Wildman–Crippen LogP) is 5.75. The zero-order valence-electron chi connectivity index (χ0n) is 12.4. The Morgan fingerprint density at radius 1 is 0.591 bits per heavy atom. The van der Waals surface area contributed by atoms with E-state index in [-0.39, 0.29) is 0 Å². The van der Waals surface area contributed by atoms with E-state index in [1.165, 1.54) is 22.6 Å². The molecule has 0 bridgehead atoms. The normalized spacial score (nSPS) is 10.8. The molecule has 3 aromatic carbocycles. The molecule has 1 radical (unpaired) electrons. The molecule has 0 aliphatic heterocycles. The minimum Gasteiger partial charge on any atom is -0.0843 e. The van der Waals surface area contributed by atoms with Crippen LogP contribution >= 0.6 is 11.6 Å². The highest BCUT2D eigenvalue weighted by atomic mass is 35.5. The third kappa shape index (κ3) is 3.99. The van der Waals surface area contributed by atoms with Gasteiger partial charge in [-0.1, -0.05) is 84.4 Å². The lowest BCUT2D eigenvalue weighted by Crippen LogP contribution is -2.08. The van der Waals surface area contributed by atoms with Crippen molar-refractivity contribution in [3.8, 4) is 0 Å². The lowest BCUT2D eigenvalue weighted by atomic mass is 9.87. The SMILES string of the molecule is Clc1ccc([C](Cc2ccccc2)Cc2ccccc2)cc1. The Morgan fingerprint density at radius 3 is 1.50 bits per heavy atom. The molecule has 0 aliphatic carbocycles. The monoisotopic (exact) mass is 305 g/mol. The smallest absolute Gasteiger partial charge is 0.0406 e. The van der Waals surface area contributed by atoms with Crippen LogP contribution in [0.5, 0.6) is 0 Å². The van der Waals surface area contributed by atoms with Gasteiger partial charge in [0.1, 0.15) is 0 Å². The van der Waals surface area contributed by atoms with E-state index in [4.69, 9.17) is 11.6 Å². The molecule has 22 heavy (non-hydrogen) atoms. The van der Waals surface area contributed by atoms with Crippen molar-refractivity contribution in [2.24, 2.45) is 0 Å². The third-order valence-electron chi connectivity index (χ3n) is 3.77. The Bertz CT molecular complexity index is 645. The maximum Gasteiger partial charge on any atom is 0.0406 e. The van der Waals surface area contributed by atoms with Crippen LogP contribution in [0, 0.1) is 5.92 Å². The molecular formula is C21H18Cl. The summed E-state index contributed by atoms with van der Waals surface area (Å²) < 4.78 is 0. The minimum atomic E-state index is 0.780. The minimum absolute atomic E-state index is 0.780. The van der Waals surface area contributed by atoms with Crippen LogP contribution in [0.4, 0.5) is 0 Å². The van der Waals surface area contributed by atoms with Crippen molar-refractivity contribution in [2.45, 2.75) is 12.8 Å². The highest BCUT2D eigenvalue weighted by Crippen LogP contribution is 2.25. The average Bonchev–Trinajstić information content (AvgIpc) is 2.57. The maximum atomic E-state index is 6.03. The highest BCUT2D eigenvalue weighted by Gasteiger charge is 2.14. The van der Waals surface area contributed by atoms with E-state index in [1.807, 2.05) is 12.1 Å². The van der Waals surface area contributed by atoms with E-state index in [1.54, 1.807) is 0 Å². The van der Waals surface area contributed by atoms with Gasteiger partial charge in [-0.3, -0.25) is 0 Å². The fourth-order valence-corrected chi connectivity index (χ4v) is 2.76. The van der Waals surface area contributed by atoms with Crippen LogP contribution < -0.4 is 0 Å². The number of hydrogen-bond acceptors (Lipinski definition) is 0. The van der Waals surface area contributed by atoms with E-state index in [0.717, 1.165) is 17.9 Å². The molecule has 0 N–H and O–H groups in total. The third-order valence-corrected chi connectivity index (χ3v) is 4.03. The van der Waals surface area contributed by atoms with Crippen LogP contribution in [0.25, 0.3) is 0 Å². The summed E-state index contributed by atoms with van der Waals surface area (Å²) in [6.07, 6.45) is 1.91. The van der Waals surface area contributed by atoms with Crippen molar-refractivity contribution in [1.29, 1.82) is 0 Å². The molecule has 0 amide bonds. The van der Waals surface area contributed by atoms with Crippen molar-refractivity contribution in [2.75, 3.05) is 0 Å². The first-order valence-electron chi connectivity index (χ1n) is 7.50. The molecule has 0 nitrogen and oxygen atoms in total. The fraction of sp³-hybridized carbons (Fsp3) is 0.0952. The summed E-state index contributed by atoms with van der Waals surface area (Å²) in [5, 5.41) is 0.780. The number of benzene rings is 3. The summed E-state index contributed by atoms with van der Waals surface area (Å²) >= 11 is 6.03. The summed E-state index contributed by atoms with van der Waals surface area (Å²) in [5.74, 6) is 1.41. The summed E-state index contributed by atoms with van der Waals surface area (Å²) in [5.41, 5.74) is 3.93. The van der Waals surface area contributed by atoms with Gasteiger partial charge in [-0.2, -0.15) is 0 Å². The summed E-state index contributed by atoms with van der Waals surface area (Å²) in [7, 11) is 0. The Labute approximate surface area is 137 Å².